The Kier molecular flexibility index (Phi) is 2.76. The van der Waals surface area contributed by atoms with Crippen LogP contribution in [0.5, 0.6) is 5.75 Å². The third-order valence-electron chi connectivity index (χ3n) is 1.97. The van der Waals surface area contributed by atoms with Gasteiger partial charge >= 0.3 is 5.97 Å². The lowest BCUT2D eigenvalue weighted by Crippen LogP contribution is -2.46. The number of nitrogens with two attached hydrogens (primary N) is 1. The van der Waals surface area contributed by atoms with Gasteiger partial charge in [0, 0.05) is 6.42 Å². The molecule has 0 spiro atoms. The second-order valence-corrected chi connectivity index (χ2v) is 3.57. The number of rotatable bonds is 3. The predicted molar refractivity (Wildman–Crippen MR) is 52.0 cm³/mol. The van der Waals surface area contributed by atoms with E-state index in [-0.39, 0.29) is 12.2 Å². The van der Waals surface area contributed by atoms with Crippen LogP contribution in [0.4, 0.5) is 0 Å². The van der Waals surface area contributed by atoms with Crippen molar-refractivity contribution in [2.75, 3.05) is 0 Å². The van der Waals surface area contributed by atoms with Crippen molar-refractivity contribution >= 4 is 5.97 Å². The Morgan fingerprint density at radius 2 is 2.21 bits per heavy atom. The highest BCUT2D eigenvalue weighted by Gasteiger charge is 2.27. The van der Waals surface area contributed by atoms with Crippen LogP contribution in [0.1, 0.15) is 12.5 Å². The van der Waals surface area contributed by atoms with Crippen LogP contribution < -0.4 is 5.73 Å². The molecule has 0 aliphatic carbocycles. The molecule has 0 aliphatic heterocycles. The minimum atomic E-state index is -1.30. The van der Waals surface area contributed by atoms with Crippen molar-refractivity contribution in [3.05, 3.63) is 29.8 Å². The highest BCUT2D eigenvalue weighted by atomic mass is 16.4. The van der Waals surface area contributed by atoms with Gasteiger partial charge in [0.2, 0.25) is 0 Å². The van der Waals surface area contributed by atoms with Gasteiger partial charge in [-0.05, 0) is 24.6 Å². The van der Waals surface area contributed by atoms with E-state index in [4.69, 9.17) is 15.9 Å². The maximum Gasteiger partial charge on any atom is 0.323 e. The molecule has 0 radical (unpaired) electrons. The topological polar surface area (TPSA) is 83.5 Å². The summed E-state index contributed by atoms with van der Waals surface area (Å²) in [7, 11) is 0. The van der Waals surface area contributed by atoms with Gasteiger partial charge in [-0.25, -0.2) is 0 Å². The fourth-order valence-corrected chi connectivity index (χ4v) is 1.17. The molecule has 0 saturated heterocycles. The van der Waals surface area contributed by atoms with Crippen molar-refractivity contribution in [3.8, 4) is 5.75 Å². The van der Waals surface area contributed by atoms with E-state index < -0.39 is 11.5 Å². The molecule has 4 N–H and O–H groups in total. The van der Waals surface area contributed by atoms with Crippen LogP contribution in [-0.2, 0) is 11.2 Å². The van der Waals surface area contributed by atoms with Crippen LogP contribution in [0.15, 0.2) is 24.3 Å². The maximum absolute atomic E-state index is 10.7. The Labute approximate surface area is 82.0 Å². The monoisotopic (exact) mass is 195 g/mol. The first-order valence-corrected chi connectivity index (χ1v) is 4.22. The Morgan fingerprint density at radius 1 is 1.57 bits per heavy atom. The summed E-state index contributed by atoms with van der Waals surface area (Å²) < 4.78 is 0. The summed E-state index contributed by atoms with van der Waals surface area (Å²) in [5.41, 5.74) is 4.97. The van der Waals surface area contributed by atoms with Crippen molar-refractivity contribution in [1.29, 1.82) is 0 Å². The van der Waals surface area contributed by atoms with Crippen molar-refractivity contribution < 1.29 is 15.0 Å². The fraction of sp³-hybridized carbons (Fsp3) is 0.300. The Bertz CT molecular complexity index is 347. The zero-order valence-electron chi connectivity index (χ0n) is 7.90. The Morgan fingerprint density at radius 3 is 2.71 bits per heavy atom. The number of carboxylic acids is 1. The van der Waals surface area contributed by atoms with Crippen LogP contribution in [0.25, 0.3) is 0 Å². The number of hydrogen-bond donors (Lipinski definition) is 3. The van der Waals surface area contributed by atoms with Gasteiger partial charge in [0.15, 0.2) is 0 Å². The number of carbonyl (C=O) groups is 1. The summed E-state index contributed by atoms with van der Waals surface area (Å²) in [5, 5.41) is 17.9. The second kappa shape index (κ2) is 3.67. The van der Waals surface area contributed by atoms with E-state index in [1.165, 1.54) is 19.1 Å². The van der Waals surface area contributed by atoms with E-state index in [1.807, 2.05) is 0 Å². The average Bonchev–Trinajstić information content (AvgIpc) is 2.02. The lowest BCUT2D eigenvalue weighted by Gasteiger charge is -2.18. The number of aromatic hydroxyl groups is 1. The summed E-state index contributed by atoms with van der Waals surface area (Å²) in [5.74, 6) is -0.940. The van der Waals surface area contributed by atoms with E-state index in [9.17, 15) is 4.79 Å². The summed E-state index contributed by atoms with van der Waals surface area (Å²) in [4.78, 5) is 10.7. The van der Waals surface area contributed by atoms with Crippen LogP contribution in [0.3, 0.4) is 0 Å². The first-order valence-electron chi connectivity index (χ1n) is 4.22. The molecule has 1 atom stereocenters. The molecular weight excluding hydrogens is 182 g/mol. The second-order valence-electron chi connectivity index (χ2n) is 3.57. The van der Waals surface area contributed by atoms with Crippen LogP contribution in [-0.4, -0.2) is 21.7 Å². The Balaban J connectivity index is 2.83. The highest BCUT2D eigenvalue weighted by molar-refractivity contribution is 5.78. The van der Waals surface area contributed by atoms with Gasteiger partial charge in [0.1, 0.15) is 11.3 Å². The van der Waals surface area contributed by atoms with E-state index >= 15 is 0 Å². The first-order chi connectivity index (χ1) is 6.42. The number of phenolic OH excluding ortho intramolecular Hbond substituents is 1. The highest BCUT2D eigenvalue weighted by Crippen LogP contribution is 2.15. The van der Waals surface area contributed by atoms with Gasteiger partial charge in [0.05, 0.1) is 0 Å². The minimum absolute atomic E-state index is 0.115. The minimum Gasteiger partial charge on any atom is -0.508 e. The molecule has 76 valence electrons. The van der Waals surface area contributed by atoms with Crippen molar-refractivity contribution in [2.45, 2.75) is 18.9 Å². The van der Waals surface area contributed by atoms with E-state index in [2.05, 4.69) is 0 Å². The van der Waals surface area contributed by atoms with Crippen LogP contribution in [0.2, 0.25) is 0 Å². The third-order valence-corrected chi connectivity index (χ3v) is 1.97. The first kappa shape index (κ1) is 10.5. The standard InChI is InChI=1S/C10H13NO3/c1-10(11,9(13)14)6-7-3-2-4-8(12)5-7/h2-5,12H,6,11H2,1H3,(H,13,14)/t10-/m0/s1. The number of hydrogen-bond acceptors (Lipinski definition) is 3. The number of benzene rings is 1. The predicted octanol–water partition coefficient (Wildman–Crippen LogP) is 0.737. The molecule has 1 aromatic rings. The van der Waals surface area contributed by atoms with Crippen molar-refractivity contribution in [1.82, 2.24) is 0 Å². The maximum atomic E-state index is 10.7. The molecular formula is C10H13NO3. The summed E-state index contributed by atoms with van der Waals surface area (Å²) >= 11 is 0. The number of aliphatic carboxylic acids is 1. The van der Waals surface area contributed by atoms with Crippen LogP contribution in [0, 0.1) is 0 Å². The van der Waals surface area contributed by atoms with Gasteiger partial charge in [-0.3, -0.25) is 4.79 Å². The summed E-state index contributed by atoms with van der Waals surface area (Å²) in [6.07, 6.45) is 0.191. The summed E-state index contributed by atoms with van der Waals surface area (Å²) in [6.45, 7) is 1.44. The fourth-order valence-electron chi connectivity index (χ4n) is 1.17. The van der Waals surface area contributed by atoms with Crippen molar-refractivity contribution in [2.24, 2.45) is 5.73 Å². The quantitative estimate of drug-likeness (QED) is 0.664. The molecule has 0 amide bonds. The molecule has 0 bridgehead atoms. The zero-order chi connectivity index (χ0) is 10.8. The van der Waals surface area contributed by atoms with Gasteiger partial charge < -0.3 is 15.9 Å². The summed E-state index contributed by atoms with van der Waals surface area (Å²) in [6, 6.07) is 6.42. The van der Waals surface area contributed by atoms with Gasteiger partial charge in [-0.15, -0.1) is 0 Å². The normalized spacial score (nSPS) is 14.7. The molecule has 0 unspecified atom stereocenters. The molecule has 0 aromatic heterocycles. The molecule has 0 saturated carbocycles. The Hall–Kier alpha value is -1.55. The van der Waals surface area contributed by atoms with Crippen molar-refractivity contribution in [3.63, 3.8) is 0 Å². The van der Waals surface area contributed by atoms with Gasteiger partial charge in [0.25, 0.3) is 0 Å². The average molecular weight is 195 g/mol. The third kappa shape index (κ3) is 2.47. The van der Waals surface area contributed by atoms with Gasteiger partial charge in [-0.2, -0.15) is 0 Å². The van der Waals surface area contributed by atoms with E-state index in [0.29, 0.717) is 5.56 Å². The van der Waals surface area contributed by atoms with E-state index in [0.717, 1.165) is 0 Å². The molecule has 0 aliphatic rings. The molecule has 1 aromatic carbocycles. The van der Waals surface area contributed by atoms with E-state index in [1.54, 1.807) is 12.1 Å². The smallest absolute Gasteiger partial charge is 0.323 e. The molecule has 0 heterocycles. The SMILES string of the molecule is C[C@](N)(Cc1cccc(O)c1)C(=O)O. The molecule has 4 heteroatoms. The number of carboxylic acid groups (broad SMARTS) is 1. The zero-order valence-corrected chi connectivity index (χ0v) is 7.90. The molecule has 0 fully saturated rings. The van der Waals surface area contributed by atoms with Gasteiger partial charge in [-0.1, -0.05) is 12.1 Å². The molecule has 4 nitrogen and oxygen atoms in total. The lowest BCUT2D eigenvalue weighted by atomic mass is 9.94. The largest absolute Gasteiger partial charge is 0.508 e. The lowest BCUT2D eigenvalue weighted by molar-refractivity contribution is -0.142. The van der Waals surface area contributed by atoms with Crippen LogP contribution >= 0.6 is 0 Å². The number of phenols is 1. The molecule has 1 rings (SSSR count). The molecule has 14 heavy (non-hydrogen) atoms.